The highest BCUT2D eigenvalue weighted by Gasteiger charge is 3.04. The highest BCUT2D eigenvalue weighted by atomic mass is 32.2. The zero-order valence-electron chi connectivity index (χ0n) is 11.8. The van der Waals surface area contributed by atoms with Gasteiger partial charge in [0.25, 0.3) is 0 Å². The normalized spacial score (nSPS) is 27.7. The van der Waals surface area contributed by atoms with Gasteiger partial charge in [0.15, 0.2) is 0 Å². The number of hydrogen-bond acceptors (Lipinski definition) is 2. The summed E-state index contributed by atoms with van der Waals surface area (Å²) in [6, 6.07) is 2.55. The highest BCUT2D eigenvalue weighted by Crippen LogP contribution is 2.71. The van der Waals surface area contributed by atoms with Gasteiger partial charge in [0.2, 0.25) is 9.84 Å². The average molecular weight is 422 g/mol. The summed E-state index contributed by atoms with van der Waals surface area (Å²) in [7, 11) is -7.03. The molecule has 1 aromatic rings. The Kier molecular flexibility index (Phi) is 3.99. The Morgan fingerprint density at radius 1 is 0.538 bits per heavy atom. The smallest absolute Gasteiger partial charge is 0.220 e. The van der Waals surface area contributed by atoms with Gasteiger partial charge in [0, 0.05) is 0 Å². The fraction of sp³-hybridized carbons (Fsp3) is 0.500. The molecule has 0 atom stereocenters. The maximum absolute atomic E-state index is 14.5. The SMILES string of the molecule is O=S(=O)(c1ccccc1)C1(F)C(F)(F)C(F)(F)C(F)(F)C(F)(F)C1(F)F. The lowest BCUT2D eigenvalue weighted by molar-refractivity contribution is -0.469. The minimum absolute atomic E-state index is 0.159. The van der Waals surface area contributed by atoms with Gasteiger partial charge in [-0.15, -0.1) is 0 Å². The molecule has 2 rings (SSSR count). The van der Waals surface area contributed by atoms with E-state index < -0.39 is 49.3 Å². The van der Waals surface area contributed by atoms with Gasteiger partial charge in [0.05, 0.1) is 4.90 Å². The lowest BCUT2D eigenvalue weighted by Gasteiger charge is -2.51. The third-order valence-corrected chi connectivity index (χ3v) is 5.95. The van der Waals surface area contributed by atoms with E-state index in [9.17, 15) is 56.7 Å². The second-order valence-corrected chi connectivity index (χ2v) is 7.32. The minimum atomic E-state index is -7.47. The first-order valence-corrected chi connectivity index (χ1v) is 7.71. The van der Waals surface area contributed by atoms with Gasteiger partial charge < -0.3 is 0 Å². The second-order valence-electron chi connectivity index (χ2n) is 5.28. The van der Waals surface area contributed by atoms with Crippen molar-refractivity contribution in [2.75, 3.05) is 0 Å². The second kappa shape index (κ2) is 5.01. The van der Waals surface area contributed by atoms with Crippen LogP contribution in [0, 0.1) is 0 Å². The first kappa shape index (κ1) is 20.7. The number of alkyl halides is 11. The van der Waals surface area contributed by atoms with Gasteiger partial charge in [-0.3, -0.25) is 0 Å². The standard InChI is InChI=1S/C12H5F11O2S/c13-7(14)8(15,16)10(19,20)12(23,11(21,22)9(7,17)18)26(24,25)6-4-2-1-3-5-6/h1-5H. The maximum atomic E-state index is 14.5. The molecule has 14 heteroatoms. The molecule has 1 fully saturated rings. The summed E-state index contributed by atoms with van der Waals surface area (Å²) in [6.07, 6.45) is 0. The Bertz CT molecular complexity index is 787. The van der Waals surface area contributed by atoms with Gasteiger partial charge in [0.1, 0.15) is 0 Å². The molecule has 26 heavy (non-hydrogen) atoms. The molecule has 1 aromatic carbocycles. The summed E-state index contributed by atoms with van der Waals surface area (Å²) in [4.78, 5) is -1.82. The monoisotopic (exact) mass is 422 g/mol. The molecule has 0 N–H and O–H groups in total. The zero-order chi connectivity index (χ0) is 20.6. The molecular weight excluding hydrogens is 417 g/mol. The summed E-state index contributed by atoms with van der Waals surface area (Å²) >= 11 is 0. The van der Waals surface area contributed by atoms with Crippen LogP contribution in [-0.4, -0.2) is 43.0 Å². The van der Waals surface area contributed by atoms with Crippen LogP contribution in [0.2, 0.25) is 0 Å². The fourth-order valence-electron chi connectivity index (χ4n) is 2.29. The number of sulfone groups is 1. The molecule has 148 valence electrons. The quantitative estimate of drug-likeness (QED) is 0.666. The van der Waals surface area contributed by atoms with Crippen LogP contribution in [0.4, 0.5) is 48.3 Å². The van der Waals surface area contributed by atoms with E-state index in [2.05, 4.69) is 0 Å². The Morgan fingerprint density at radius 3 is 1.19 bits per heavy atom. The van der Waals surface area contributed by atoms with Crippen LogP contribution in [0.5, 0.6) is 0 Å². The van der Waals surface area contributed by atoms with Crippen molar-refractivity contribution < 1.29 is 56.7 Å². The van der Waals surface area contributed by atoms with Gasteiger partial charge in [-0.05, 0) is 12.1 Å². The van der Waals surface area contributed by atoms with Crippen LogP contribution >= 0.6 is 0 Å². The van der Waals surface area contributed by atoms with Crippen LogP contribution in [0.25, 0.3) is 0 Å². The van der Waals surface area contributed by atoms with Crippen molar-refractivity contribution in [2.45, 2.75) is 39.5 Å². The summed E-state index contributed by atoms with van der Waals surface area (Å²) in [5, 5.41) is -7.08. The molecule has 0 aliphatic heterocycles. The Balaban J connectivity index is 2.98. The molecule has 1 saturated carbocycles. The van der Waals surface area contributed by atoms with E-state index in [1.54, 1.807) is 0 Å². The molecule has 2 nitrogen and oxygen atoms in total. The van der Waals surface area contributed by atoms with Crippen molar-refractivity contribution in [1.29, 1.82) is 0 Å². The van der Waals surface area contributed by atoms with Crippen molar-refractivity contribution >= 4 is 9.84 Å². The average Bonchev–Trinajstić information content (AvgIpc) is 2.52. The fourth-order valence-corrected chi connectivity index (χ4v) is 4.06. The van der Waals surface area contributed by atoms with Gasteiger partial charge >= 0.3 is 34.6 Å². The van der Waals surface area contributed by atoms with Gasteiger partial charge in [-0.1, -0.05) is 18.2 Å². The summed E-state index contributed by atoms with van der Waals surface area (Å²) < 4.78 is 173. The van der Waals surface area contributed by atoms with E-state index in [1.807, 2.05) is 0 Å². The molecule has 0 radical (unpaired) electrons. The van der Waals surface area contributed by atoms with Gasteiger partial charge in [-0.2, -0.15) is 43.9 Å². The molecule has 0 bridgehead atoms. The molecule has 0 spiro atoms. The van der Waals surface area contributed by atoms with Crippen LogP contribution in [0.3, 0.4) is 0 Å². The van der Waals surface area contributed by atoms with E-state index in [1.165, 1.54) is 0 Å². The number of benzene rings is 1. The third-order valence-electron chi connectivity index (χ3n) is 3.81. The van der Waals surface area contributed by atoms with Crippen molar-refractivity contribution in [2.24, 2.45) is 0 Å². The third kappa shape index (κ3) is 1.80. The number of rotatable bonds is 2. The predicted octanol–water partition coefficient (Wildman–Crippen LogP) is 4.32. The van der Waals surface area contributed by atoms with Crippen molar-refractivity contribution in [1.82, 2.24) is 0 Å². The summed E-state index contributed by atoms with van der Waals surface area (Å²) in [5.41, 5.74) is 0. The molecule has 1 aliphatic carbocycles. The molecule has 0 unspecified atom stereocenters. The first-order valence-electron chi connectivity index (χ1n) is 6.23. The van der Waals surface area contributed by atoms with Gasteiger partial charge in [-0.25, -0.2) is 12.8 Å². The molecule has 0 heterocycles. The van der Waals surface area contributed by atoms with E-state index in [0.717, 1.165) is 6.07 Å². The zero-order valence-corrected chi connectivity index (χ0v) is 12.6. The lowest BCUT2D eigenvalue weighted by atomic mass is 9.80. The molecule has 1 aliphatic rings. The van der Waals surface area contributed by atoms with Crippen LogP contribution < -0.4 is 0 Å². The minimum Gasteiger partial charge on any atom is -0.220 e. The van der Waals surface area contributed by atoms with Crippen molar-refractivity contribution in [3.8, 4) is 0 Å². The number of halogens is 11. The van der Waals surface area contributed by atoms with Crippen LogP contribution in [0.1, 0.15) is 0 Å². The lowest BCUT2D eigenvalue weighted by Crippen LogP contribution is -2.85. The van der Waals surface area contributed by atoms with E-state index >= 15 is 0 Å². The Morgan fingerprint density at radius 2 is 0.846 bits per heavy atom. The van der Waals surface area contributed by atoms with Crippen LogP contribution in [-0.2, 0) is 9.84 Å². The number of hydrogen-bond donors (Lipinski definition) is 0. The van der Waals surface area contributed by atoms with E-state index in [4.69, 9.17) is 0 Å². The largest absolute Gasteiger partial charge is 0.384 e. The first-order chi connectivity index (χ1) is 11.4. The summed E-state index contributed by atoms with van der Waals surface area (Å²) in [5.74, 6) is -37.3. The molecular formula is C12H5F11O2S. The Hall–Kier alpha value is -1.60. The topological polar surface area (TPSA) is 34.1 Å². The molecule has 0 saturated heterocycles. The molecule has 0 aromatic heterocycles. The van der Waals surface area contributed by atoms with E-state index in [0.29, 0.717) is 12.1 Å². The Labute approximate surface area is 137 Å². The maximum Gasteiger partial charge on any atom is 0.384 e. The van der Waals surface area contributed by atoms with Crippen molar-refractivity contribution in [3.63, 3.8) is 0 Å². The predicted molar refractivity (Wildman–Crippen MR) is 62.2 cm³/mol. The summed E-state index contributed by atoms with van der Waals surface area (Å²) in [6.45, 7) is 0. The van der Waals surface area contributed by atoms with E-state index in [-0.39, 0.29) is 12.1 Å². The molecule has 0 amide bonds. The van der Waals surface area contributed by atoms with Crippen LogP contribution in [0.15, 0.2) is 35.2 Å². The highest BCUT2D eigenvalue weighted by molar-refractivity contribution is 7.92. The van der Waals surface area contributed by atoms with Crippen molar-refractivity contribution in [3.05, 3.63) is 30.3 Å².